The summed E-state index contributed by atoms with van der Waals surface area (Å²) in [5.74, 6) is -2.85. The van der Waals surface area contributed by atoms with Crippen molar-refractivity contribution in [3.8, 4) is 0 Å². The van der Waals surface area contributed by atoms with Gasteiger partial charge in [-0.05, 0) is 12.0 Å². The summed E-state index contributed by atoms with van der Waals surface area (Å²) in [6.45, 7) is 0.0163. The van der Waals surface area contributed by atoms with E-state index < -0.39 is 38.8 Å². The Bertz CT molecular complexity index is 728. The van der Waals surface area contributed by atoms with E-state index in [1.54, 1.807) is 30.3 Å². The number of amides is 1. The lowest BCUT2D eigenvalue weighted by Gasteiger charge is -2.26. The van der Waals surface area contributed by atoms with Crippen molar-refractivity contribution in [3.63, 3.8) is 0 Å². The van der Waals surface area contributed by atoms with Crippen molar-refractivity contribution in [2.24, 2.45) is 0 Å². The van der Waals surface area contributed by atoms with E-state index in [9.17, 15) is 22.8 Å². The summed E-state index contributed by atoms with van der Waals surface area (Å²) >= 11 is 0. The van der Waals surface area contributed by atoms with Crippen molar-refractivity contribution in [1.29, 1.82) is 0 Å². The van der Waals surface area contributed by atoms with Crippen LogP contribution < -0.4 is 0 Å². The standard InChI is InChI=1S/C15H17NO6S/c1-23(21,22)14-12(10-6-3-2-4-7-10)16(15(20)13(14)19)9-5-8-11(17)18/h2-4,6-7,12,14H,5,8-9H2,1H3,(H,17,18)/t12-,14-/m0/s1. The molecule has 1 aliphatic heterocycles. The molecule has 1 N–H and O–H groups in total. The van der Waals surface area contributed by atoms with Crippen LogP contribution in [-0.4, -0.2) is 54.1 Å². The molecule has 2 atom stereocenters. The number of hydrogen-bond acceptors (Lipinski definition) is 5. The predicted octanol–water partition coefficient (Wildman–Crippen LogP) is 0.417. The minimum absolute atomic E-state index is 0.0163. The summed E-state index contributed by atoms with van der Waals surface area (Å²) < 4.78 is 24.0. The van der Waals surface area contributed by atoms with Gasteiger partial charge in [0, 0.05) is 19.2 Å². The molecular weight excluding hydrogens is 322 g/mol. The molecule has 0 aliphatic carbocycles. The molecule has 1 saturated heterocycles. The van der Waals surface area contributed by atoms with Gasteiger partial charge in [0.15, 0.2) is 15.1 Å². The smallest absolute Gasteiger partial charge is 0.303 e. The van der Waals surface area contributed by atoms with E-state index in [-0.39, 0.29) is 19.4 Å². The highest BCUT2D eigenvalue weighted by Gasteiger charge is 2.52. The first kappa shape index (κ1) is 17.1. The topological polar surface area (TPSA) is 109 Å². The number of ketones is 1. The van der Waals surface area contributed by atoms with Crippen LogP contribution in [0.3, 0.4) is 0 Å². The average molecular weight is 339 g/mol. The fourth-order valence-corrected chi connectivity index (χ4v) is 4.03. The van der Waals surface area contributed by atoms with Gasteiger partial charge in [0.25, 0.3) is 5.91 Å². The fourth-order valence-electron chi connectivity index (χ4n) is 2.77. The monoisotopic (exact) mass is 339 g/mol. The molecule has 1 aliphatic rings. The second-order valence-electron chi connectivity index (χ2n) is 5.47. The van der Waals surface area contributed by atoms with Crippen LogP contribution in [-0.2, 0) is 24.2 Å². The van der Waals surface area contributed by atoms with Gasteiger partial charge >= 0.3 is 5.97 Å². The molecule has 1 aromatic carbocycles. The molecule has 0 bridgehead atoms. The molecule has 0 unspecified atom stereocenters. The zero-order chi connectivity index (χ0) is 17.2. The van der Waals surface area contributed by atoms with E-state index in [1.807, 2.05) is 0 Å². The molecule has 1 fully saturated rings. The molecular formula is C15H17NO6S. The molecule has 0 radical (unpaired) electrons. The molecule has 1 heterocycles. The maximum atomic E-state index is 12.2. The number of carbonyl (C=O) groups is 3. The molecule has 7 nitrogen and oxygen atoms in total. The Morgan fingerprint density at radius 3 is 2.35 bits per heavy atom. The van der Waals surface area contributed by atoms with Gasteiger partial charge in [-0.2, -0.15) is 0 Å². The van der Waals surface area contributed by atoms with E-state index in [2.05, 4.69) is 0 Å². The highest BCUT2D eigenvalue weighted by Crippen LogP contribution is 2.35. The number of carbonyl (C=O) groups excluding carboxylic acids is 2. The van der Waals surface area contributed by atoms with Gasteiger partial charge in [0.2, 0.25) is 5.78 Å². The van der Waals surface area contributed by atoms with Crippen LogP contribution in [0.2, 0.25) is 0 Å². The molecule has 0 saturated carbocycles. The zero-order valence-electron chi connectivity index (χ0n) is 12.5. The number of sulfone groups is 1. The van der Waals surface area contributed by atoms with Gasteiger partial charge in [-0.3, -0.25) is 14.4 Å². The molecule has 0 aromatic heterocycles. The van der Waals surface area contributed by atoms with Gasteiger partial charge in [0.1, 0.15) is 0 Å². The number of benzene rings is 1. The predicted molar refractivity (Wildman–Crippen MR) is 81.4 cm³/mol. The van der Waals surface area contributed by atoms with Gasteiger partial charge in [-0.15, -0.1) is 0 Å². The van der Waals surface area contributed by atoms with Crippen molar-refractivity contribution in [3.05, 3.63) is 35.9 Å². The van der Waals surface area contributed by atoms with Crippen LogP contribution in [0.15, 0.2) is 30.3 Å². The number of hydrogen-bond donors (Lipinski definition) is 1. The average Bonchev–Trinajstić information content (AvgIpc) is 2.72. The van der Waals surface area contributed by atoms with E-state index in [4.69, 9.17) is 5.11 Å². The third kappa shape index (κ3) is 3.58. The number of nitrogens with zero attached hydrogens (tertiary/aromatic N) is 1. The Morgan fingerprint density at radius 2 is 1.83 bits per heavy atom. The minimum atomic E-state index is -3.78. The number of rotatable bonds is 6. The summed E-state index contributed by atoms with van der Waals surface area (Å²) in [7, 11) is -3.78. The highest BCUT2D eigenvalue weighted by atomic mass is 32.2. The first-order valence-corrected chi connectivity index (χ1v) is 8.99. The van der Waals surface area contributed by atoms with Gasteiger partial charge in [0.05, 0.1) is 6.04 Å². The molecule has 0 spiro atoms. The maximum absolute atomic E-state index is 12.2. The van der Waals surface area contributed by atoms with Crippen LogP contribution in [0.4, 0.5) is 0 Å². The summed E-state index contributed by atoms with van der Waals surface area (Å²) in [5, 5.41) is 7.25. The maximum Gasteiger partial charge on any atom is 0.303 e. The van der Waals surface area contributed by atoms with Crippen molar-refractivity contribution >= 4 is 27.5 Å². The second kappa shape index (κ2) is 6.49. The van der Waals surface area contributed by atoms with E-state index in [1.165, 1.54) is 4.90 Å². The molecule has 1 amide bonds. The van der Waals surface area contributed by atoms with Crippen LogP contribution in [0.1, 0.15) is 24.4 Å². The van der Waals surface area contributed by atoms with Crippen LogP contribution >= 0.6 is 0 Å². The minimum Gasteiger partial charge on any atom is -0.481 e. The molecule has 1 aromatic rings. The molecule has 8 heteroatoms. The highest BCUT2D eigenvalue weighted by molar-refractivity contribution is 7.92. The quantitative estimate of drug-likeness (QED) is 0.752. The molecule has 23 heavy (non-hydrogen) atoms. The molecule has 2 rings (SSSR count). The third-order valence-corrected chi connectivity index (χ3v) is 5.14. The van der Waals surface area contributed by atoms with Crippen molar-refractivity contribution in [2.75, 3.05) is 12.8 Å². The fraction of sp³-hybridized carbons (Fsp3) is 0.400. The van der Waals surface area contributed by atoms with Crippen molar-refractivity contribution in [2.45, 2.75) is 24.1 Å². The SMILES string of the molecule is CS(=O)(=O)[C@@H]1C(=O)C(=O)N(CCCC(=O)O)[C@H]1c1ccccc1. The van der Waals surface area contributed by atoms with Crippen molar-refractivity contribution in [1.82, 2.24) is 4.90 Å². The number of likely N-dealkylation sites (tertiary alicyclic amines) is 1. The van der Waals surface area contributed by atoms with E-state index in [0.717, 1.165) is 6.26 Å². The number of carboxylic acids is 1. The Balaban J connectivity index is 2.40. The summed E-state index contributed by atoms with van der Waals surface area (Å²) in [5.41, 5.74) is 0.539. The number of aliphatic carboxylic acids is 1. The van der Waals surface area contributed by atoms with E-state index in [0.29, 0.717) is 5.56 Å². The van der Waals surface area contributed by atoms with Crippen molar-refractivity contribution < 1.29 is 27.9 Å². The molecule has 124 valence electrons. The Labute approximate surface area is 133 Å². The van der Waals surface area contributed by atoms with Gasteiger partial charge < -0.3 is 10.0 Å². The largest absolute Gasteiger partial charge is 0.481 e. The zero-order valence-corrected chi connectivity index (χ0v) is 13.3. The Kier molecular flexibility index (Phi) is 4.84. The normalized spacial score (nSPS) is 21.7. The van der Waals surface area contributed by atoms with Gasteiger partial charge in [-0.25, -0.2) is 8.42 Å². The first-order chi connectivity index (χ1) is 10.7. The summed E-state index contributed by atoms with van der Waals surface area (Å²) in [6.07, 6.45) is 0.913. The lowest BCUT2D eigenvalue weighted by molar-refractivity contribution is -0.141. The second-order valence-corrected chi connectivity index (χ2v) is 7.63. The lowest BCUT2D eigenvalue weighted by Crippen LogP contribution is -2.33. The Morgan fingerprint density at radius 1 is 1.22 bits per heavy atom. The van der Waals surface area contributed by atoms with E-state index >= 15 is 0 Å². The van der Waals surface area contributed by atoms with Crippen LogP contribution in [0.25, 0.3) is 0 Å². The number of carboxylic acid groups (broad SMARTS) is 1. The summed E-state index contributed by atoms with van der Waals surface area (Å²) in [6, 6.07) is 7.51. The van der Waals surface area contributed by atoms with Crippen LogP contribution in [0, 0.1) is 0 Å². The first-order valence-electron chi connectivity index (χ1n) is 7.04. The number of Topliss-reactive ketones (excluding diaryl/α,β-unsaturated/α-hetero) is 1. The van der Waals surface area contributed by atoms with Gasteiger partial charge in [-0.1, -0.05) is 30.3 Å². The lowest BCUT2D eigenvalue weighted by atomic mass is 10.0. The summed E-state index contributed by atoms with van der Waals surface area (Å²) in [4.78, 5) is 36.1. The van der Waals surface area contributed by atoms with Crippen LogP contribution in [0.5, 0.6) is 0 Å². The third-order valence-electron chi connectivity index (χ3n) is 3.74. The Hall–Kier alpha value is -2.22.